The molecule has 10 heteroatoms. The van der Waals surface area contributed by atoms with Gasteiger partial charge >= 0.3 is 0 Å². The fraction of sp³-hybridized carbons (Fsp3) is 0.261. The Kier molecular flexibility index (Phi) is 6.85. The van der Waals surface area contributed by atoms with Crippen molar-refractivity contribution in [3.63, 3.8) is 0 Å². The Labute approximate surface area is 193 Å². The van der Waals surface area contributed by atoms with Crippen LogP contribution in [0, 0.1) is 0 Å². The summed E-state index contributed by atoms with van der Waals surface area (Å²) >= 11 is 0. The number of piperidine rings is 1. The highest BCUT2D eigenvalue weighted by Crippen LogP contribution is 2.24. The molecule has 9 nitrogen and oxygen atoms in total. The van der Waals surface area contributed by atoms with Crippen molar-refractivity contribution in [2.24, 2.45) is 0 Å². The molecule has 1 aromatic heterocycles. The van der Waals surface area contributed by atoms with E-state index in [2.05, 4.69) is 30.6 Å². The molecule has 0 bridgehead atoms. The van der Waals surface area contributed by atoms with Gasteiger partial charge in [-0.15, -0.1) is 0 Å². The first kappa shape index (κ1) is 22.7. The number of rotatable bonds is 7. The second-order valence-electron chi connectivity index (χ2n) is 7.94. The van der Waals surface area contributed by atoms with Crippen LogP contribution in [-0.2, 0) is 14.8 Å². The van der Waals surface area contributed by atoms with Gasteiger partial charge in [0.1, 0.15) is 12.1 Å². The lowest BCUT2D eigenvalue weighted by Crippen LogP contribution is -2.43. The molecule has 1 aliphatic heterocycles. The summed E-state index contributed by atoms with van der Waals surface area (Å²) in [6.07, 6.45) is 5.58. The number of sulfonamides is 1. The lowest BCUT2D eigenvalue weighted by Gasteiger charge is -2.22. The van der Waals surface area contributed by atoms with E-state index >= 15 is 0 Å². The average Bonchev–Trinajstić information content (AvgIpc) is 2.80. The first-order chi connectivity index (χ1) is 15.9. The Bertz CT molecular complexity index is 1220. The molecule has 172 valence electrons. The van der Waals surface area contributed by atoms with Crippen LogP contribution in [0.3, 0.4) is 0 Å². The maximum Gasteiger partial charge on any atom is 0.241 e. The highest BCUT2D eigenvalue weighted by atomic mass is 32.2. The molecule has 1 amide bonds. The van der Waals surface area contributed by atoms with E-state index in [-0.39, 0.29) is 11.9 Å². The summed E-state index contributed by atoms with van der Waals surface area (Å²) in [5.74, 6) is 0.577. The standard InChI is InChI=1S/C23H26N6O3S/c1-33(31,32)29-19-6-4-5-16(13-19)21-14-22(26-15-25-21)27-17-8-10-18(11-9-17)28-23(30)20-7-2-3-12-24-20/h4-6,8-11,13-15,20,24,29H,2-3,7,12H2,1H3,(H,28,30)(H,25,26,27)/t20-/m0/s1. The van der Waals surface area contributed by atoms with Crippen LogP contribution in [0.2, 0.25) is 0 Å². The van der Waals surface area contributed by atoms with Crippen molar-refractivity contribution in [3.8, 4) is 11.3 Å². The molecular weight excluding hydrogens is 440 g/mol. The van der Waals surface area contributed by atoms with Gasteiger partial charge < -0.3 is 16.0 Å². The summed E-state index contributed by atoms with van der Waals surface area (Å²) in [5.41, 5.74) is 3.40. The zero-order chi connectivity index (χ0) is 23.3. The molecule has 0 aliphatic carbocycles. The molecule has 0 saturated carbocycles. The lowest BCUT2D eigenvalue weighted by atomic mass is 10.0. The first-order valence-corrected chi connectivity index (χ1v) is 12.6. The number of amides is 1. The van der Waals surface area contributed by atoms with Gasteiger partial charge in [0.05, 0.1) is 18.0 Å². The number of hydrogen-bond acceptors (Lipinski definition) is 7. The lowest BCUT2D eigenvalue weighted by molar-refractivity contribution is -0.118. The summed E-state index contributed by atoms with van der Waals surface area (Å²) in [6.45, 7) is 0.875. The SMILES string of the molecule is CS(=O)(=O)Nc1cccc(-c2cc(Nc3ccc(NC(=O)[C@@H]4CCCCN4)cc3)ncn2)c1. The Morgan fingerprint density at radius 2 is 1.79 bits per heavy atom. The van der Waals surface area contributed by atoms with Crippen LogP contribution in [0.25, 0.3) is 11.3 Å². The van der Waals surface area contributed by atoms with E-state index in [0.29, 0.717) is 17.2 Å². The average molecular weight is 467 g/mol. The minimum absolute atomic E-state index is 0.0107. The van der Waals surface area contributed by atoms with E-state index in [1.54, 1.807) is 24.3 Å². The second kappa shape index (κ2) is 9.97. The maximum atomic E-state index is 12.4. The molecule has 1 saturated heterocycles. The molecule has 0 unspecified atom stereocenters. The van der Waals surface area contributed by atoms with Crippen molar-refractivity contribution in [2.75, 3.05) is 28.2 Å². The van der Waals surface area contributed by atoms with Crippen LogP contribution >= 0.6 is 0 Å². The molecule has 1 atom stereocenters. The molecular formula is C23H26N6O3S. The fourth-order valence-electron chi connectivity index (χ4n) is 3.63. The molecule has 4 N–H and O–H groups in total. The van der Waals surface area contributed by atoms with Crippen molar-refractivity contribution in [1.82, 2.24) is 15.3 Å². The van der Waals surface area contributed by atoms with Gasteiger partial charge in [-0.3, -0.25) is 9.52 Å². The number of hydrogen-bond donors (Lipinski definition) is 4. The van der Waals surface area contributed by atoms with Crippen molar-refractivity contribution in [1.29, 1.82) is 0 Å². The van der Waals surface area contributed by atoms with Crippen molar-refractivity contribution in [3.05, 3.63) is 60.9 Å². The van der Waals surface area contributed by atoms with E-state index in [4.69, 9.17) is 0 Å². The van der Waals surface area contributed by atoms with Gasteiger partial charge in [-0.05, 0) is 55.8 Å². The van der Waals surface area contributed by atoms with Gasteiger partial charge in [0.2, 0.25) is 15.9 Å². The number of nitrogens with zero attached hydrogens (tertiary/aromatic N) is 2. The van der Waals surface area contributed by atoms with E-state index in [9.17, 15) is 13.2 Å². The summed E-state index contributed by atoms with van der Waals surface area (Å²) < 4.78 is 25.5. The van der Waals surface area contributed by atoms with E-state index in [0.717, 1.165) is 49.0 Å². The van der Waals surface area contributed by atoms with Crippen molar-refractivity contribution in [2.45, 2.75) is 25.3 Å². The van der Waals surface area contributed by atoms with Crippen molar-refractivity contribution < 1.29 is 13.2 Å². The number of carbonyl (C=O) groups excluding carboxylic acids is 1. The predicted octanol–water partition coefficient (Wildman–Crippen LogP) is 3.34. The smallest absolute Gasteiger partial charge is 0.241 e. The number of anilines is 4. The monoisotopic (exact) mass is 466 g/mol. The maximum absolute atomic E-state index is 12.4. The molecule has 2 heterocycles. The van der Waals surface area contributed by atoms with Crippen LogP contribution in [0.4, 0.5) is 22.9 Å². The topological polar surface area (TPSA) is 125 Å². The molecule has 4 rings (SSSR count). The third-order valence-corrected chi connectivity index (χ3v) is 5.79. The minimum atomic E-state index is -3.37. The third kappa shape index (κ3) is 6.50. The number of aromatic nitrogens is 2. The van der Waals surface area contributed by atoms with E-state index in [1.807, 2.05) is 30.3 Å². The molecule has 1 aliphatic rings. The van der Waals surface area contributed by atoms with Crippen LogP contribution in [0.1, 0.15) is 19.3 Å². The highest BCUT2D eigenvalue weighted by Gasteiger charge is 2.20. The quantitative estimate of drug-likeness (QED) is 0.421. The highest BCUT2D eigenvalue weighted by molar-refractivity contribution is 7.92. The van der Waals surface area contributed by atoms with Crippen LogP contribution < -0.4 is 20.7 Å². The molecule has 0 spiro atoms. The summed E-state index contributed by atoms with van der Waals surface area (Å²) in [7, 11) is -3.37. The largest absolute Gasteiger partial charge is 0.340 e. The third-order valence-electron chi connectivity index (χ3n) is 5.18. The van der Waals surface area contributed by atoms with Crippen molar-refractivity contribution >= 4 is 38.8 Å². The number of carbonyl (C=O) groups is 1. The molecule has 1 fully saturated rings. The molecule has 3 aromatic rings. The van der Waals surface area contributed by atoms with Gasteiger partial charge in [0.25, 0.3) is 0 Å². The van der Waals surface area contributed by atoms with Crippen LogP contribution in [-0.4, -0.2) is 43.1 Å². The zero-order valence-corrected chi connectivity index (χ0v) is 19.0. The molecule has 2 aromatic carbocycles. The van der Waals surface area contributed by atoms with Gasteiger partial charge in [0, 0.05) is 28.7 Å². The summed E-state index contributed by atoms with van der Waals surface area (Å²) in [4.78, 5) is 20.9. The van der Waals surface area contributed by atoms with E-state index in [1.165, 1.54) is 6.33 Å². The minimum Gasteiger partial charge on any atom is -0.340 e. The Morgan fingerprint density at radius 3 is 2.52 bits per heavy atom. The van der Waals surface area contributed by atoms with E-state index < -0.39 is 10.0 Å². The summed E-state index contributed by atoms with van der Waals surface area (Å²) in [6, 6.07) is 16.0. The number of benzene rings is 2. The normalized spacial score (nSPS) is 16.1. The second-order valence-corrected chi connectivity index (χ2v) is 9.69. The van der Waals surface area contributed by atoms with Crippen LogP contribution in [0.5, 0.6) is 0 Å². The number of nitrogens with one attached hydrogen (secondary N) is 4. The van der Waals surface area contributed by atoms with Gasteiger partial charge in [-0.1, -0.05) is 18.6 Å². The van der Waals surface area contributed by atoms with Gasteiger partial charge in [-0.2, -0.15) is 0 Å². The Hall–Kier alpha value is -3.50. The molecule has 0 radical (unpaired) electrons. The predicted molar refractivity (Wildman–Crippen MR) is 130 cm³/mol. The first-order valence-electron chi connectivity index (χ1n) is 10.7. The van der Waals surface area contributed by atoms with Crippen LogP contribution in [0.15, 0.2) is 60.9 Å². The van der Waals surface area contributed by atoms with Gasteiger partial charge in [-0.25, -0.2) is 18.4 Å². The Balaban J connectivity index is 1.42. The summed E-state index contributed by atoms with van der Waals surface area (Å²) in [5, 5.41) is 9.42. The Morgan fingerprint density at radius 1 is 1.00 bits per heavy atom. The molecule has 33 heavy (non-hydrogen) atoms. The fourth-order valence-corrected chi connectivity index (χ4v) is 4.18. The van der Waals surface area contributed by atoms with Gasteiger partial charge in [0.15, 0.2) is 0 Å². The zero-order valence-electron chi connectivity index (χ0n) is 18.2.